The maximum absolute atomic E-state index is 12.0. The Morgan fingerprint density at radius 3 is 2.74 bits per heavy atom. The van der Waals surface area contributed by atoms with Crippen molar-refractivity contribution in [1.82, 2.24) is 5.32 Å². The summed E-state index contributed by atoms with van der Waals surface area (Å²) in [5.74, 6) is 1.94. The minimum Gasteiger partial charge on any atom is -0.486 e. The molecule has 5 nitrogen and oxygen atoms in total. The normalized spacial score (nSPS) is 15.2. The van der Waals surface area contributed by atoms with Gasteiger partial charge in [-0.3, -0.25) is 4.79 Å². The van der Waals surface area contributed by atoms with Crippen LogP contribution < -0.4 is 15.8 Å². The first-order chi connectivity index (χ1) is 11.1. The highest BCUT2D eigenvalue weighted by Gasteiger charge is 2.28. The molecule has 1 aromatic carbocycles. The van der Waals surface area contributed by atoms with E-state index in [1.54, 1.807) is 12.1 Å². The quantitative estimate of drug-likeness (QED) is 0.775. The van der Waals surface area contributed by atoms with Gasteiger partial charge in [0.05, 0.1) is 0 Å². The van der Waals surface area contributed by atoms with Crippen LogP contribution in [-0.2, 0) is 6.61 Å². The first-order valence-electron chi connectivity index (χ1n) is 7.62. The molecule has 1 aliphatic rings. The standard InChI is InChI=1S/C17H19BrN2O3/c18-12-3-5-13(6-4-12)22-10-14-7-8-16(23-14)17(21)20-9-15(19)11-1-2-11/h3-8,11,15H,1-2,9-10,19H2,(H,20,21). The lowest BCUT2D eigenvalue weighted by molar-refractivity contribution is 0.0918. The van der Waals surface area contributed by atoms with Crippen molar-refractivity contribution >= 4 is 21.8 Å². The molecule has 122 valence electrons. The zero-order valence-corrected chi connectivity index (χ0v) is 14.2. The molecule has 3 N–H and O–H groups in total. The van der Waals surface area contributed by atoms with E-state index in [2.05, 4.69) is 21.2 Å². The van der Waals surface area contributed by atoms with Crippen molar-refractivity contribution in [3.05, 3.63) is 52.4 Å². The molecule has 0 aliphatic heterocycles. The Bertz CT molecular complexity index is 665. The minimum absolute atomic E-state index is 0.0362. The fourth-order valence-electron chi connectivity index (χ4n) is 2.25. The molecular weight excluding hydrogens is 360 g/mol. The van der Waals surface area contributed by atoms with Gasteiger partial charge >= 0.3 is 0 Å². The van der Waals surface area contributed by atoms with E-state index in [0.29, 0.717) is 18.2 Å². The van der Waals surface area contributed by atoms with Gasteiger partial charge in [-0.15, -0.1) is 0 Å². The van der Waals surface area contributed by atoms with Gasteiger partial charge in [-0.05, 0) is 55.2 Å². The molecule has 1 aliphatic carbocycles. The van der Waals surface area contributed by atoms with Crippen LogP contribution in [0.15, 0.2) is 45.3 Å². The number of carbonyl (C=O) groups is 1. The number of amides is 1. The minimum atomic E-state index is -0.240. The second kappa shape index (κ2) is 7.19. The molecule has 0 spiro atoms. The molecule has 1 aromatic heterocycles. The number of nitrogens with two attached hydrogens (primary N) is 1. The highest BCUT2D eigenvalue weighted by atomic mass is 79.9. The lowest BCUT2D eigenvalue weighted by atomic mass is 10.2. The molecule has 1 fully saturated rings. The molecule has 3 rings (SSSR count). The van der Waals surface area contributed by atoms with E-state index in [4.69, 9.17) is 14.9 Å². The van der Waals surface area contributed by atoms with Crippen LogP contribution in [0.3, 0.4) is 0 Å². The molecule has 2 aromatic rings. The monoisotopic (exact) mass is 378 g/mol. The number of nitrogens with one attached hydrogen (secondary N) is 1. The van der Waals surface area contributed by atoms with Crippen LogP contribution in [0.1, 0.15) is 29.2 Å². The Balaban J connectivity index is 1.48. The lowest BCUT2D eigenvalue weighted by Crippen LogP contribution is -2.38. The first kappa shape index (κ1) is 16.1. The number of hydrogen-bond donors (Lipinski definition) is 2. The third kappa shape index (κ3) is 4.59. The van der Waals surface area contributed by atoms with E-state index in [1.807, 2.05) is 24.3 Å². The van der Waals surface area contributed by atoms with Crippen LogP contribution in [0, 0.1) is 5.92 Å². The van der Waals surface area contributed by atoms with Crippen LogP contribution in [0.5, 0.6) is 5.75 Å². The molecule has 23 heavy (non-hydrogen) atoms. The van der Waals surface area contributed by atoms with Gasteiger partial charge in [0.1, 0.15) is 18.1 Å². The van der Waals surface area contributed by atoms with Crippen LogP contribution in [0.4, 0.5) is 0 Å². The van der Waals surface area contributed by atoms with Gasteiger partial charge < -0.3 is 20.2 Å². The summed E-state index contributed by atoms with van der Waals surface area (Å²) in [7, 11) is 0. The SMILES string of the molecule is NC(CNC(=O)c1ccc(COc2ccc(Br)cc2)o1)C1CC1. The van der Waals surface area contributed by atoms with Crippen molar-refractivity contribution in [2.24, 2.45) is 11.7 Å². The fraction of sp³-hybridized carbons (Fsp3) is 0.353. The molecule has 1 atom stereocenters. The average Bonchev–Trinajstić information content (AvgIpc) is 3.30. The van der Waals surface area contributed by atoms with Crippen LogP contribution >= 0.6 is 15.9 Å². The number of hydrogen-bond acceptors (Lipinski definition) is 4. The number of benzene rings is 1. The molecule has 0 bridgehead atoms. The van der Waals surface area contributed by atoms with E-state index in [1.165, 1.54) is 0 Å². The molecular formula is C17H19BrN2O3. The summed E-state index contributed by atoms with van der Waals surface area (Å²) in [6.07, 6.45) is 2.32. The third-order valence-corrected chi connectivity index (χ3v) is 4.33. The van der Waals surface area contributed by atoms with Crippen LogP contribution in [-0.4, -0.2) is 18.5 Å². The molecule has 6 heteroatoms. The van der Waals surface area contributed by atoms with Gasteiger partial charge in [0.25, 0.3) is 5.91 Å². The van der Waals surface area contributed by atoms with Gasteiger partial charge in [0.15, 0.2) is 5.76 Å². The van der Waals surface area contributed by atoms with Crippen molar-refractivity contribution in [3.63, 3.8) is 0 Å². The number of furan rings is 1. The summed E-state index contributed by atoms with van der Waals surface area (Å²) in [5, 5.41) is 2.81. The molecule has 1 heterocycles. The van der Waals surface area contributed by atoms with Gasteiger partial charge in [-0.2, -0.15) is 0 Å². The highest BCUT2D eigenvalue weighted by Crippen LogP contribution is 2.31. The number of ether oxygens (including phenoxy) is 1. The number of carbonyl (C=O) groups excluding carboxylic acids is 1. The van der Waals surface area contributed by atoms with Gasteiger partial charge in [-0.1, -0.05) is 15.9 Å². The van der Waals surface area contributed by atoms with E-state index in [-0.39, 0.29) is 24.3 Å². The van der Waals surface area contributed by atoms with E-state index < -0.39 is 0 Å². The second-order valence-corrected chi connectivity index (χ2v) is 6.64. The van der Waals surface area contributed by atoms with Gasteiger partial charge in [-0.25, -0.2) is 0 Å². The summed E-state index contributed by atoms with van der Waals surface area (Å²) < 4.78 is 12.1. The summed E-state index contributed by atoms with van der Waals surface area (Å²) in [6, 6.07) is 11.0. The van der Waals surface area contributed by atoms with Crippen LogP contribution in [0.2, 0.25) is 0 Å². The Morgan fingerprint density at radius 1 is 1.30 bits per heavy atom. The highest BCUT2D eigenvalue weighted by molar-refractivity contribution is 9.10. The molecule has 0 saturated heterocycles. The maximum atomic E-state index is 12.0. The predicted molar refractivity (Wildman–Crippen MR) is 90.2 cm³/mol. The van der Waals surface area contributed by atoms with Crippen molar-refractivity contribution in [1.29, 1.82) is 0 Å². The molecule has 1 saturated carbocycles. The summed E-state index contributed by atoms with van der Waals surface area (Å²) in [5.41, 5.74) is 5.96. The average molecular weight is 379 g/mol. The molecule has 1 amide bonds. The first-order valence-corrected chi connectivity index (χ1v) is 8.42. The third-order valence-electron chi connectivity index (χ3n) is 3.81. The van der Waals surface area contributed by atoms with Crippen LogP contribution in [0.25, 0.3) is 0 Å². The van der Waals surface area contributed by atoms with Crippen molar-refractivity contribution in [2.75, 3.05) is 6.54 Å². The lowest BCUT2D eigenvalue weighted by Gasteiger charge is -2.10. The number of halogens is 1. The second-order valence-electron chi connectivity index (χ2n) is 5.72. The zero-order chi connectivity index (χ0) is 16.2. The Labute approximate surface area is 143 Å². The smallest absolute Gasteiger partial charge is 0.287 e. The summed E-state index contributed by atoms with van der Waals surface area (Å²) in [4.78, 5) is 12.0. The predicted octanol–water partition coefficient (Wildman–Crippen LogP) is 3.09. The largest absolute Gasteiger partial charge is 0.486 e. The van der Waals surface area contributed by atoms with Gasteiger partial charge in [0.2, 0.25) is 0 Å². The topological polar surface area (TPSA) is 77.5 Å². The fourth-order valence-corrected chi connectivity index (χ4v) is 2.52. The Kier molecular flexibility index (Phi) is 5.03. The summed E-state index contributed by atoms with van der Waals surface area (Å²) >= 11 is 3.37. The maximum Gasteiger partial charge on any atom is 0.287 e. The Morgan fingerprint density at radius 2 is 2.04 bits per heavy atom. The molecule has 0 radical (unpaired) electrons. The van der Waals surface area contributed by atoms with Crippen molar-refractivity contribution in [2.45, 2.75) is 25.5 Å². The zero-order valence-electron chi connectivity index (χ0n) is 12.6. The Hall–Kier alpha value is -1.79. The van der Waals surface area contributed by atoms with Crippen molar-refractivity contribution in [3.8, 4) is 5.75 Å². The number of rotatable bonds is 7. The van der Waals surface area contributed by atoms with E-state index >= 15 is 0 Å². The van der Waals surface area contributed by atoms with Gasteiger partial charge in [0, 0.05) is 17.1 Å². The van der Waals surface area contributed by atoms with E-state index in [0.717, 1.165) is 23.1 Å². The van der Waals surface area contributed by atoms with Crippen molar-refractivity contribution < 1.29 is 13.9 Å². The van der Waals surface area contributed by atoms with E-state index in [9.17, 15) is 4.79 Å². The summed E-state index contributed by atoms with van der Waals surface area (Å²) in [6.45, 7) is 0.755. The molecule has 1 unspecified atom stereocenters.